The van der Waals surface area contributed by atoms with Crippen LogP contribution in [0.25, 0.3) is 11.6 Å². The van der Waals surface area contributed by atoms with Gasteiger partial charge in [0, 0.05) is 23.2 Å². The Kier molecular flexibility index (Phi) is 5.16. The van der Waals surface area contributed by atoms with Crippen LogP contribution < -0.4 is 5.32 Å². The smallest absolute Gasteiger partial charge is 0.251 e. The van der Waals surface area contributed by atoms with E-state index < -0.39 is 0 Å². The highest BCUT2D eigenvalue weighted by atomic mass is 16.1. The third kappa shape index (κ3) is 3.86. The molecule has 1 saturated heterocycles. The van der Waals surface area contributed by atoms with Crippen molar-refractivity contribution in [2.24, 2.45) is 0 Å². The number of Topliss-reactive ketones (excluding diaryl/α,β-unsaturated/α-hetero) is 1. The Morgan fingerprint density at radius 3 is 2.59 bits per heavy atom. The number of nitrogens with zero attached hydrogens (tertiary/aromatic N) is 1. The van der Waals surface area contributed by atoms with Crippen molar-refractivity contribution in [3.05, 3.63) is 70.8 Å². The van der Waals surface area contributed by atoms with Crippen LogP contribution in [0, 0.1) is 0 Å². The minimum atomic E-state index is -0.104. The monoisotopic (exact) mass is 360 g/mol. The van der Waals surface area contributed by atoms with Crippen LogP contribution in [0.5, 0.6) is 0 Å². The predicted molar refractivity (Wildman–Crippen MR) is 108 cm³/mol. The highest BCUT2D eigenvalue weighted by molar-refractivity contribution is 6.42. The summed E-state index contributed by atoms with van der Waals surface area (Å²) in [4.78, 5) is 27.2. The van der Waals surface area contributed by atoms with E-state index in [1.807, 2.05) is 42.5 Å². The number of fused-ring (bicyclic) bond motifs is 1. The van der Waals surface area contributed by atoms with E-state index in [0.717, 1.165) is 24.1 Å². The minimum absolute atomic E-state index is 0.0116. The largest absolute Gasteiger partial charge is 0.352 e. The van der Waals surface area contributed by atoms with Crippen LogP contribution in [0.3, 0.4) is 0 Å². The molecule has 138 valence electrons. The SMILES string of the molecule is O=C(NCCCN1CCCC1)c1ccc2c(c1)C(=O)C2=Cc1ccccc1. The lowest BCUT2D eigenvalue weighted by atomic mass is 9.79. The van der Waals surface area contributed by atoms with Crippen LogP contribution in [0.2, 0.25) is 0 Å². The van der Waals surface area contributed by atoms with Crippen molar-refractivity contribution in [1.82, 2.24) is 10.2 Å². The number of nitrogens with one attached hydrogen (secondary N) is 1. The van der Waals surface area contributed by atoms with E-state index in [-0.39, 0.29) is 11.7 Å². The topological polar surface area (TPSA) is 49.4 Å². The van der Waals surface area contributed by atoms with Gasteiger partial charge >= 0.3 is 0 Å². The first-order valence-electron chi connectivity index (χ1n) is 9.69. The van der Waals surface area contributed by atoms with Crippen LogP contribution in [-0.4, -0.2) is 42.8 Å². The quantitative estimate of drug-likeness (QED) is 0.632. The molecule has 1 aliphatic heterocycles. The number of hydrogen-bond acceptors (Lipinski definition) is 3. The Morgan fingerprint density at radius 2 is 1.81 bits per heavy atom. The highest BCUT2D eigenvalue weighted by Crippen LogP contribution is 2.36. The molecular weight excluding hydrogens is 336 g/mol. The van der Waals surface area contributed by atoms with E-state index in [0.29, 0.717) is 23.2 Å². The molecule has 0 aromatic heterocycles. The van der Waals surface area contributed by atoms with Gasteiger partial charge in [-0.2, -0.15) is 0 Å². The normalized spacial score (nSPS) is 17.6. The maximum Gasteiger partial charge on any atom is 0.251 e. The van der Waals surface area contributed by atoms with Crippen molar-refractivity contribution in [2.75, 3.05) is 26.2 Å². The summed E-state index contributed by atoms with van der Waals surface area (Å²) in [5, 5.41) is 2.97. The summed E-state index contributed by atoms with van der Waals surface area (Å²) in [6.45, 7) is 4.07. The molecule has 1 aliphatic carbocycles. The van der Waals surface area contributed by atoms with Crippen molar-refractivity contribution >= 4 is 23.3 Å². The molecule has 4 heteroatoms. The maximum absolute atomic E-state index is 12.4. The standard InChI is InChI=1S/C23H24N2O2/c26-22-20(15-17-7-2-1-3-8-17)19-10-9-18(16-21(19)22)23(27)24-11-6-14-25-12-4-5-13-25/h1-3,7-10,15-16H,4-6,11-14H2,(H,24,27). The second-order valence-electron chi connectivity index (χ2n) is 7.22. The summed E-state index contributed by atoms with van der Waals surface area (Å²) in [6, 6.07) is 15.2. The van der Waals surface area contributed by atoms with Crippen molar-refractivity contribution in [3.63, 3.8) is 0 Å². The van der Waals surface area contributed by atoms with Gasteiger partial charge in [-0.05, 0) is 68.2 Å². The van der Waals surface area contributed by atoms with E-state index in [1.165, 1.54) is 25.9 Å². The molecule has 0 unspecified atom stereocenters. The molecule has 2 aliphatic rings. The second-order valence-corrected chi connectivity index (χ2v) is 7.22. The van der Waals surface area contributed by atoms with Gasteiger partial charge < -0.3 is 10.2 Å². The molecule has 2 aromatic rings. The molecule has 27 heavy (non-hydrogen) atoms. The minimum Gasteiger partial charge on any atom is -0.352 e. The van der Waals surface area contributed by atoms with E-state index >= 15 is 0 Å². The molecule has 0 spiro atoms. The van der Waals surface area contributed by atoms with E-state index in [9.17, 15) is 9.59 Å². The zero-order valence-corrected chi connectivity index (χ0v) is 15.4. The van der Waals surface area contributed by atoms with Gasteiger partial charge in [0.25, 0.3) is 5.91 Å². The molecule has 1 N–H and O–H groups in total. The van der Waals surface area contributed by atoms with Gasteiger partial charge in [-0.25, -0.2) is 0 Å². The van der Waals surface area contributed by atoms with Gasteiger partial charge in [-0.15, -0.1) is 0 Å². The fourth-order valence-corrected chi connectivity index (χ4v) is 3.79. The van der Waals surface area contributed by atoms with Crippen LogP contribution >= 0.6 is 0 Å². The van der Waals surface area contributed by atoms with Crippen molar-refractivity contribution in [3.8, 4) is 0 Å². The molecule has 1 amide bonds. The summed E-state index contributed by atoms with van der Waals surface area (Å²) in [5.41, 5.74) is 3.85. The van der Waals surface area contributed by atoms with E-state index in [4.69, 9.17) is 0 Å². The second kappa shape index (κ2) is 7.89. The van der Waals surface area contributed by atoms with Gasteiger partial charge in [0.1, 0.15) is 0 Å². The molecule has 1 fully saturated rings. The van der Waals surface area contributed by atoms with Crippen molar-refractivity contribution in [1.29, 1.82) is 0 Å². The molecule has 4 nitrogen and oxygen atoms in total. The van der Waals surface area contributed by atoms with Crippen LogP contribution in [0.4, 0.5) is 0 Å². The number of amides is 1. The van der Waals surface area contributed by atoms with Gasteiger partial charge in [-0.1, -0.05) is 36.4 Å². The van der Waals surface area contributed by atoms with Crippen LogP contribution in [-0.2, 0) is 0 Å². The Balaban J connectivity index is 1.36. The zero-order valence-electron chi connectivity index (χ0n) is 15.4. The highest BCUT2D eigenvalue weighted by Gasteiger charge is 2.30. The Labute approximate surface area is 159 Å². The Hall–Kier alpha value is -2.72. The van der Waals surface area contributed by atoms with Crippen LogP contribution in [0.15, 0.2) is 48.5 Å². The maximum atomic E-state index is 12.4. The molecular formula is C23H24N2O2. The number of allylic oxidation sites excluding steroid dienone is 1. The number of benzene rings is 2. The fourth-order valence-electron chi connectivity index (χ4n) is 3.79. The molecule has 4 rings (SSSR count). The van der Waals surface area contributed by atoms with Gasteiger partial charge in [0.2, 0.25) is 0 Å². The molecule has 0 bridgehead atoms. The zero-order chi connectivity index (χ0) is 18.6. The molecule has 1 heterocycles. The van der Waals surface area contributed by atoms with Gasteiger partial charge in [0.05, 0.1) is 0 Å². The lowest BCUT2D eigenvalue weighted by Crippen LogP contribution is -2.29. The van der Waals surface area contributed by atoms with E-state index in [1.54, 1.807) is 12.1 Å². The number of ketones is 1. The van der Waals surface area contributed by atoms with Crippen molar-refractivity contribution in [2.45, 2.75) is 19.3 Å². The molecule has 0 atom stereocenters. The fraction of sp³-hybridized carbons (Fsp3) is 0.304. The first kappa shape index (κ1) is 17.7. The number of carbonyl (C=O) groups is 2. The summed E-state index contributed by atoms with van der Waals surface area (Å²) in [5.74, 6) is -0.0925. The predicted octanol–water partition coefficient (Wildman–Crippen LogP) is 3.64. The first-order valence-corrected chi connectivity index (χ1v) is 9.69. The van der Waals surface area contributed by atoms with Crippen molar-refractivity contribution < 1.29 is 9.59 Å². The number of carbonyl (C=O) groups excluding carboxylic acids is 2. The average molecular weight is 360 g/mol. The van der Waals surface area contributed by atoms with Crippen LogP contribution in [0.1, 0.15) is 51.1 Å². The van der Waals surface area contributed by atoms with Gasteiger partial charge in [0.15, 0.2) is 5.78 Å². The van der Waals surface area contributed by atoms with Gasteiger partial charge in [-0.3, -0.25) is 9.59 Å². The lowest BCUT2D eigenvalue weighted by Gasteiger charge is -2.22. The number of likely N-dealkylation sites (tertiary alicyclic amines) is 1. The summed E-state index contributed by atoms with van der Waals surface area (Å²) in [7, 11) is 0. The number of rotatable bonds is 6. The number of hydrogen-bond donors (Lipinski definition) is 1. The summed E-state index contributed by atoms with van der Waals surface area (Å²) >= 11 is 0. The van der Waals surface area contributed by atoms with E-state index in [2.05, 4.69) is 10.2 Å². The third-order valence-corrected chi connectivity index (χ3v) is 5.31. The molecule has 0 saturated carbocycles. The molecule has 0 radical (unpaired) electrons. The summed E-state index contributed by atoms with van der Waals surface area (Å²) in [6.07, 6.45) is 5.44. The Morgan fingerprint density at radius 1 is 1.04 bits per heavy atom. The third-order valence-electron chi connectivity index (χ3n) is 5.31. The lowest BCUT2D eigenvalue weighted by molar-refractivity contribution is 0.0952. The Bertz CT molecular complexity index is 881. The summed E-state index contributed by atoms with van der Waals surface area (Å²) < 4.78 is 0. The first-order chi connectivity index (χ1) is 13.2. The molecule has 2 aromatic carbocycles. The average Bonchev–Trinajstić information content (AvgIpc) is 3.23.